The third-order valence-corrected chi connectivity index (χ3v) is 9.73. The first-order valence-corrected chi connectivity index (χ1v) is 15.3. The van der Waals surface area contributed by atoms with Gasteiger partial charge in [0.15, 0.2) is 0 Å². The molecule has 41 heavy (non-hydrogen) atoms. The lowest BCUT2D eigenvalue weighted by Crippen LogP contribution is -2.62. The topological polar surface area (TPSA) is 6.48 Å². The van der Waals surface area contributed by atoms with E-state index in [2.05, 4.69) is 143 Å². The zero-order valence-corrected chi connectivity index (χ0v) is 25.6. The number of rotatable bonds is 2. The fourth-order valence-electron chi connectivity index (χ4n) is 7.56. The zero-order chi connectivity index (χ0) is 28.6. The van der Waals surface area contributed by atoms with Crippen molar-refractivity contribution in [2.45, 2.75) is 67.3 Å². The molecule has 0 aromatic heterocycles. The second kappa shape index (κ2) is 9.41. The Kier molecular flexibility index (Phi) is 6.01. The summed E-state index contributed by atoms with van der Waals surface area (Å²) in [4.78, 5) is 5.33. The molecule has 0 fully saturated rings. The van der Waals surface area contributed by atoms with Crippen molar-refractivity contribution in [2.24, 2.45) is 11.3 Å². The molecule has 0 saturated heterocycles. The van der Waals surface area contributed by atoms with Crippen molar-refractivity contribution in [1.82, 2.24) is 0 Å². The van der Waals surface area contributed by atoms with E-state index in [4.69, 9.17) is 0 Å². The number of hydrogen-bond acceptors (Lipinski definition) is 2. The second-order valence-electron chi connectivity index (χ2n) is 13.7. The molecule has 0 saturated carbocycles. The number of allylic oxidation sites excluding steroid dienone is 5. The standard InChI is InChI=1S/C38H41BN2/c1-24-16-18-33-29(20-24)39-30-21-25(2)17-19-34(30)41(32-15-11-9-13-27(32)4)36-23-28(38(5,6)7)22-35(37(36)39)40(33)31-14-10-8-12-26(31)3/h8-12,14-22,27,36H,13,23H2,1-7H3. The molecule has 0 N–H and O–H groups in total. The molecule has 3 aromatic carbocycles. The van der Waals surface area contributed by atoms with Crippen molar-refractivity contribution in [3.05, 3.63) is 124 Å². The number of fused-ring (bicyclic) bond motifs is 4. The zero-order valence-electron chi connectivity index (χ0n) is 25.6. The molecule has 2 heterocycles. The van der Waals surface area contributed by atoms with Gasteiger partial charge in [-0.25, -0.2) is 0 Å². The lowest BCUT2D eigenvalue weighted by molar-refractivity contribution is 0.462. The highest BCUT2D eigenvalue weighted by atomic mass is 15.2. The van der Waals surface area contributed by atoms with E-state index in [-0.39, 0.29) is 18.2 Å². The maximum absolute atomic E-state index is 2.74. The van der Waals surface area contributed by atoms with Crippen LogP contribution in [0.5, 0.6) is 0 Å². The van der Waals surface area contributed by atoms with E-state index in [9.17, 15) is 0 Å². The lowest BCUT2D eigenvalue weighted by Gasteiger charge is -2.53. The quantitative estimate of drug-likeness (QED) is 0.305. The van der Waals surface area contributed by atoms with Crippen molar-refractivity contribution < 1.29 is 0 Å². The number of para-hydroxylation sites is 1. The number of aryl methyl sites for hydroxylation is 3. The van der Waals surface area contributed by atoms with E-state index < -0.39 is 0 Å². The Balaban J connectivity index is 1.61. The van der Waals surface area contributed by atoms with Crippen molar-refractivity contribution in [2.75, 3.05) is 9.80 Å². The predicted molar refractivity (Wildman–Crippen MR) is 177 cm³/mol. The molecule has 2 unspecified atom stereocenters. The third-order valence-electron chi connectivity index (χ3n) is 9.73. The van der Waals surface area contributed by atoms with Gasteiger partial charge in [0.1, 0.15) is 0 Å². The molecular weight excluding hydrogens is 495 g/mol. The largest absolute Gasteiger partial charge is 0.338 e. The van der Waals surface area contributed by atoms with Gasteiger partial charge in [-0.15, -0.1) is 0 Å². The number of benzene rings is 3. The smallest absolute Gasteiger partial charge is 0.247 e. The summed E-state index contributed by atoms with van der Waals surface area (Å²) >= 11 is 0. The van der Waals surface area contributed by atoms with Crippen LogP contribution in [0.2, 0.25) is 0 Å². The summed E-state index contributed by atoms with van der Waals surface area (Å²) in [6.45, 7) is 16.5. The van der Waals surface area contributed by atoms with Gasteiger partial charge < -0.3 is 9.80 Å². The van der Waals surface area contributed by atoms with Gasteiger partial charge in [0.2, 0.25) is 6.71 Å². The van der Waals surface area contributed by atoms with Crippen LogP contribution < -0.4 is 20.7 Å². The summed E-state index contributed by atoms with van der Waals surface area (Å²) in [6, 6.07) is 23.5. The number of hydrogen-bond donors (Lipinski definition) is 0. The average molecular weight is 537 g/mol. The summed E-state index contributed by atoms with van der Waals surface area (Å²) in [6.07, 6.45) is 11.7. The van der Waals surface area contributed by atoms with Gasteiger partial charge in [0.25, 0.3) is 0 Å². The molecule has 0 bridgehead atoms. The highest BCUT2D eigenvalue weighted by molar-refractivity contribution is 6.94. The summed E-state index contributed by atoms with van der Waals surface area (Å²) < 4.78 is 0. The van der Waals surface area contributed by atoms with Crippen LogP contribution in [0.15, 0.2) is 107 Å². The number of nitrogens with zero attached hydrogens (tertiary/aromatic N) is 2. The van der Waals surface area contributed by atoms with Crippen molar-refractivity contribution in [1.29, 1.82) is 0 Å². The fraction of sp³-hybridized carbons (Fsp3) is 0.316. The predicted octanol–water partition coefficient (Wildman–Crippen LogP) is 8.21. The van der Waals surface area contributed by atoms with Crippen molar-refractivity contribution in [3.8, 4) is 0 Å². The molecule has 0 amide bonds. The minimum Gasteiger partial charge on any atom is -0.338 e. The van der Waals surface area contributed by atoms with Crippen LogP contribution in [0.1, 0.15) is 57.2 Å². The molecule has 2 atom stereocenters. The molecule has 7 rings (SSSR count). The van der Waals surface area contributed by atoms with Crippen LogP contribution >= 0.6 is 0 Å². The Morgan fingerprint density at radius 3 is 2.20 bits per heavy atom. The van der Waals surface area contributed by atoms with Crippen LogP contribution in [-0.4, -0.2) is 12.8 Å². The van der Waals surface area contributed by atoms with Gasteiger partial charge in [-0.1, -0.05) is 99.0 Å². The summed E-state index contributed by atoms with van der Waals surface area (Å²) in [5.41, 5.74) is 16.8. The molecule has 2 nitrogen and oxygen atoms in total. The van der Waals surface area contributed by atoms with Crippen LogP contribution in [0.4, 0.5) is 17.1 Å². The van der Waals surface area contributed by atoms with Gasteiger partial charge in [-0.3, -0.25) is 0 Å². The van der Waals surface area contributed by atoms with Crippen LogP contribution in [0, 0.1) is 32.1 Å². The average Bonchev–Trinajstić information content (AvgIpc) is 2.93. The molecule has 206 valence electrons. The van der Waals surface area contributed by atoms with E-state index in [0.29, 0.717) is 5.92 Å². The maximum Gasteiger partial charge on any atom is 0.247 e. The lowest BCUT2D eigenvalue weighted by atomic mass is 9.31. The normalized spacial score (nSPS) is 21.3. The molecule has 2 aliphatic heterocycles. The number of anilines is 3. The molecule has 0 spiro atoms. The SMILES string of the molecule is Cc1ccc2c(c1)B1C3=C(C=C(C(C)(C)C)CC3N(C3=CC=CCC3C)c3ccc(C)cc31)N2c1ccccc1C. The third kappa shape index (κ3) is 4.08. The minimum absolute atomic E-state index is 0.0741. The molecule has 3 heteroatoms. The Morgan fingerprint density at radius 2 is 1.51 bits per heavy atom. The van der Waals surface area contributed by atoms with Crippen LogP contribution in [0.3, 0.4) is 0 Å². The van der Waals surface area contributed by atoms with Gasteiger partial charge in [-0.2, -0.15) is 0 Å². The van der Waals surface area contributed by atoms with Gasteiger partial charge >= 0.3 is 0 Å². The molecule has 3 aromatic rings. The first-order valence-electron chi connectivity index (χ1n) is 15.3. The molecule has 2 aliphatic carbocycles. The maximum atomic E-state index is 2.74. The van der Waals surface area contributed by atoms with Gasteiger partial charge in [0, 0.05) is 28.5 Å². The van der Waals surface area contributed by atoms with Crippen LogP contribution in [-0.2, 0) is 0 Å². The van der Waals surface area contributed by atoms with E-state index in [1.54, 1.807) is 5.47 Å². The van der Waals surface area contributed by atoms with Crippen molar-refractivity contribution in [3.63, 3.8) is 0 Å². The second-order valence-corrected chi connectivity index (χ2v) is 13.7. The minimum atomic E-state index is 0.0741. The highest BCUT2D eigenvalue weighted by Gasteiger charge is 2.49. The van der Waals surface area contributed by atoms with E-state index in [0.717, 1.165) is 12.8 Å². The summed E-state index contributed by atoms with van der Waals surface area (Å²) in [5, 5.41) is 0. The van der Waals surface area contributed by atoms with Crippen LogP contribution in [0.25, 0.3) is 0 Å². The molecular formula is C38H41BN2. The fourth-order valence-corrected chi connectivity index (χ4v) is 7.56. The summed E-state index contributed by atoms with van der Waals surface area (Å²) in [7, 11) is 0. The molecule has 0 radical (unpaired) electrons. The van der Waals surface area contributed by atoms with Gasteiger partial charge in [0.05, 0.1) is 6.04 Å². The van der Waals surface area contributed by atoms with Gasteiger partial charge in [-0.05, 0) is 97.3 Å². The first-order chi connectivity index (χ1) is 19.6. The molecule has 4 aliphatic rings. The summed E-state index contributed by atoms with van der Waals surface area (Å²) in [5.74, 6) is 0.476. The van der Waals surface area contributed by atoms with E-state index in [1.165, 1.54) is 61.6 Å². The van der Waals surface area contributed by atoms with Crippen molar-refractivity contribution >= 4 is 34.7 Å². The monoisotopic (exact) mass is 536 g/mol. The van der Waals surface area contributed by atoms with E-state index in [1.807, 2.05) is 0 Å². The Labute approximate surface area is 246 Å². The Bertz CT molecular complexity index is 1700. The Hall–Kier alpha value is -3.72. The first kappa shape index (κ1) is 26.2. The highest BCUT2D eigenvalue weighted by Crippen LogP contribution is 2.49. The Morgan fingerprint density at radius 1 is 0.829 bits per heavy atom. The van der Waals surface area contributed by atoms with E-state index >= 15 is 0 Å².